The average molecular weight is 207 g/mol. The Hall–Kier alpha value is -1.49. The molecule has 14 heavy (non-hydrogen) atoms. The molecule has 0 N–H and O–H groups in total. The molecule has 2 rings (SSSR count). The lowest BCUT2D eigenvalue weighted by atomic mass is 10.4. The number of nitrogens with zero attached hydrogens (tertiary/aromatic N) is 3. The van der Waals surface area contributed by atoms with Crippen LogP contribution in [0.2, 0.25) is 0 Å². The monoisotopic (exact) mass is 207 g/mol. The van der Waals surface area contributed by atoms with Gasteiger partial charge < -0.3 is 4.57 Å². The first-order valence-electron chi connectivity index (χ1n) is 4.14. The number of thiophene rings is 1. The quantitative estimate of drug-likeness (QED) is 0.705. The summed E-state index contributed by atoms with van der Waals surface area (Å²) in [6.45, 7) is 1.49. The Kier molecular flexibility index (Phi) is 2.17. The second kappa shape index (κ2) is 3.34. The van der Waals surface area contributed by atoms with Crippen LogP contribution in [0.4, 0.5) is 0 Å². The van der Waals surface area contributed by atoms with Gasteiger partial charge in [-0.05, 0) is 11.4 Å². The van der Waals surface area contributed by atoms with Crippen molar-refractivity contribution < 1.29 is 4.79 Å². The third kappa shape index (κ3) is 1.35. The molecule has 0 aliphatic carbocycles. The van der Waals surface area contributed by atoms with E-state index in [1.165, 1.54) is 6.92 Å². The molecule has 0 atom stereocenters. The number of Topliss-reactive ketones (excluding diaryl/α,β-unsaturated/α-hetero) is 1. The van der Waals surface area contributed by atoms with E-state index in [-0.39, 0.29) is 5.78 Å². The van der Waals surface area contributed by atoms with Crippen molar-refractivity contribution in [3.05, 3.63) is 23.3 Å². The fraction of sp³-hybridized carbons (Fsp3) is 0.222. The Labute approximate surface area is 85.2 Å². The number of ketones is 1. The summed E-state index contributed by atoms with van der Waals surface area (Å²) >= 11 is 1.58. The molecule has 2 heterocycles. The fourth-order valence-corrected chi connectivity index (χ4v) is 2.00. The van der Waals surface area contributed by atoms with Crippen molar-refractivity contribution >= 4 is 17.1 Å². The zero-order valence-electron chi connectivity index (χ0n) is 7.89. The van der Waals surface area contributed by atoms with E-state index < -0.39 is 0 Å². The molecule has 0 bridgehead atoms. The summed E-state index contributed by atoms with van der Waals surface area (Å²) in [5.41, 5.74) is 0. The third-order valence-electron chi connectivity index (χ3n) is 1.93. The van der Waals surface area contributed by atoms with Gasteiger partial charge in [0.05, 0.1) is 4.88 Å². The number of hydrogen-bond donors (Lipinski definition) is 0. The molecule has 0 amide bonds. The molecule has 4 nitrogen and oxygen atoms in total. The van der Waals surface area contributed by atoms with Crippen molar-refractivity contribution in [1.29, 1.82) is 0 Å². The largest absolute Gasteiger partial charge is 0.307 e. The van der Waals surface area contributed by atoms with Gasteiger partial charge in [0.25, 0.3) is 0 Å². The molecule has 0 unspecified atom stereocenters. The topological polar surface area (TPSA) is 47.8 Å². The van der Waals surface area contributed by atoms with Crippen LogP contribution in [0.25, 0.3) is 10.7 Å². The Morgan fingerprint density at radius 3 is 2.79 bits per heavy atom. The van der Waals surface area contributed by atoms with Crippen molar-refractivity contribution in [3.63, 3.8) is 0 Å². The Morgan fingerprint density at radius 1 is 1.50 bits per heavy atom. The van der Waals surface area contributed by atoms with E-state index in [0.717, 1.165) is 10.7 Å². The van der Waals surface area contributed by atoms with Gasteiger partial charge in [0.2, 0.25) is 0 Å². The van der Waals surface area contributed by atoms with Crippen molar-refractivity contribution in [1.82, 2.24) is 14.8 Å². The molecule has 2 aromatic rings. The number of aromatic nitrogens is 3. The lowest BCUT2D eigenvalue weighted by Crippen LogP contribution is -2.03. The second-order valence-electron chi connectivity index (χ2n) is 2.94. The molecule has 2 aromatic heterocycles. The van der Waals surface area contributed by atoms with Crippen LogP contribution in [0.3, 0.4) is 0 Å². The van der Waals surface area contributed by atoms with Crippen molar-refractivity contribution in [2.45, 2.75) is 6.92 Å². The van der Waals surface area contributed by atoms with Crippen LogP contribution in [-0.4, -0.2) is 20.5 Å². The number of hydrogen-bond acceptors (Lipinski definition) is 4. The maximum absolute atomic E-state index is 11.1. The maximum Gasteiger partial charge on any atom is 0.199 e. The zero-order valence-corrected chi connectivity index (χ0v) is 8.71. The highest BCUT2D eigenvalue weighted by Gasteiger charge is 2.13. The standard InChI is InChI=1S/C9H9N3OS/c1-6(13)8-10-11-9(12(8)2)7-4-3-5-14-7/h3-5H,1-2H3. The third-order valence-corrected chi connectivity index (χ3v) is 2.80. The molecule has 0 aromatic carbocycles. The van der Waals surface area contributed by atoms with Crippen LogP contribution in [0, 0.1) is 0 Å². The Bertz CT molecular complexity index is 458. The van der Waals surface area contributed by atoms with E-state index in [1.807, 2.05) is 17.5 Å². The van der Waals surface area contributed by atoms with E-state index in [1.54, 1.807) is 23.0 Å². The van der Waals surface area contributed by atoms with E-state index >= 15 is 0 Å². The van der Waals surface area contributed by atoms with Gasteiger partial charge in [0, 0.05) is 14.0 Å². The minimum absolute atomic E-state index is 0.0668. The minimum atomic E-state index is -0.0668. The van der Waals surface area contributed by atoms with Crippen molar-refractivity contribution in [3.8, 4) is 10.7 Å². The highest BCUT2D eigenvalue weighted by Crippen LogP contribution is 2.22. The fourth-order valence-electron chi connectivity index (χ4n) is 1.26. The lowest BCUT2D eigenvalue weighted by Gasteiger charge is -1.98. The van der Waals surface area contributed by atoms with Gasteiger partial charge in [0.15, 0.2) is 17.4 Å². The first kappa shape index (κ1) is 9.08. The Morgan fingerprint density at radius 2 is 2.29 bits per heavy atom. The van der Waals surface area contributed by atoms with Crippen molar-refractivity contribution in [2.24, 2.45) is 7.05 Å². The predicted molar refractivity (Wildman–Crippen MR) is 54.3 cm³/mol. The van der Waals surface area contributed by atoms with E-state index in [0.29, 0.717) is 5.82 Å². The van der Waals surface area contributed by atoms with Gasteiger partial charge in [-0.3, -0.25) is 4.79 Å². The summed E-state index contributed by atoms with van der Waals surface area (Å²) in [6.07, 6.45) is 0. The summed E-state index contributed by atoms with van der Waals surface area (Å²) in [6, 6.07) is 3.90. The normalized spacial score (nSPS) is 10.4. The number of carbonyl (C=O) groups is 1. The van der Waals surface area contributed by atoms with Crippen LogP contribution in [-0.2, 0) is 7.05 Å². The van der Waals surface area contributed by atoms with Crippen LogP contribution < -0.4 is 0 Å². The van der Waals surface area contributed by atoms with Gasteiger partial charge in [-0.1, -0.05) is 6.07 Å². The molecule has 72 valence electrons. The molecule has 0 saturated heterocycles. The van der Waals surface area contributed by atoms with Crippen LogP contribution in [0.15, 0.2) is 17.5 Å². The smallest absolute Gasteiger partial charge is 0.199 e. The first-order valence-corrected chi connectivity index (χ1v) is 5.02. The van der Waals surface area contributed by atoms with Crippen molar-refractivity contribution in [2.75, 3.05) is 0 Å². The number of rotatable bonds is 2. The van der Waals surface area contributed by atoms with Gasteiger partial charge in [-0.15, -0.1) is 21.5 Å². The molecule has 0 spiro atoms. The van der Waals surface area contributed by atoms with E-state index in [4.69, 9.17) is 0 Å². The van der Waals surface area contributed by atoms with Crippen LogP contribution in [0.5, 0.6) is 0 Å². The zero-order chi connectivity index (χ0) is 10.1. The summed E-state index contributed by atoms with van der Waals surface area (Å²) in [4.78, 5) is 12.2. The average Bonchev–Trinajstić information content (AvgIpc) is 2.71. The molecule has 0 radical (unpaired) electrons. The summed E-state index contributed by atoms with van der Waals surface area (Å²) in [5, 5.41) is 9.79. The molecular formula is C9H9N3OS. The van der Waals surface area contributed by atoms with E-state index in [2.05, 4.69) is 10.2 Å². The van der Waals surface area contributed by atoms with Gasteiger partial charge in [-0.25, -0.2) is 0 Å². The highest BCUT2D eigenvalue weighted by atomic mass is 32.1. The summed E-state index contributed by atoms with van der Waals surface area (Å²) in [5.74, 6) is 1.07. The number of carbonyl (C=O) groups excluding carboxylic acids is 1. The van der Waals surface area contributed by atoms with Crippen LogP contribution in [0.1, 0.15) is 17.5 Å². The van der Waals surface area contributed by atoms with Gasteiger partial charge >= 0.3 is 0 Å². The highest BCUT2D eigenvalue weighted by molar-refractivity contribution is 7.13. The summed E-state index contributed by atoms with van der Waals surface area (Å²) < 4.78 is 1.72. The molecule has 0 saturated carbocycles. The molecule has 0 aliphatic heterocycles. The van der Waals surface area contributed by atoms with Gasteiger partial charge in [0.1, 0.15) is 0 Å². The molecule has 5 heteroatoms. The molecular weight excluding hydrogens is 198 g/mol. The summed E-state index contributed by atoms with van der Waals surface area (Å²) in [7, 11) is 1.80. The molecule has 0 aliphatic rings. The SMILES string of the molecule is CC(=O)c1nnc(-c2cccs2)n1C. The predicted octanol–water partition coefficient (Wildman–Crippen LogP) is 1.75. The first-order chi connectivity index (χ1) is 6.70. The second-order valence-corrected chi connectivity index (χ2v) is 3.89. The minimum Gasteiger partial charge on any atom is -0.307 e. The maximum atomic E-state index is 11.1. The van der Waals surface area contributed by atoms with Gasteiger partial charge in [-0.2, -0.15) is 0 Å². The van der Waals surface area contributed by atoms with E-state index in [9.17, 15) is 4.79 Å². The lowest BCUT2D eigenvalue weighted by molar-refractivity contribution is 0.100. The molecule has 0 fully saturated rings. The van der Waals surface area contributed by atoms with Crippen LogP contribution >= 0.6 is 11.3 Å². The Balaban J connectivity index is 2.52.